The van der Waals surface area contributed by atoms with E-state index in [9.17, 15) is 14.8 Å². The van der Waals surface area contributed by atoms with Crippen LogP contribution in [0.15, 0.2) is 42.6 Å². The van der Waals surface area contributed by atoms with Gasteiger partial charge < -0.3 is 9.84 Å². The van der Waals surface area contributed by atoms with Crippen LogP contribution in [-0.2, 0) is 0 Å². The summed E-state index contributed by atoms with van der Waals surface area (Å²) in [6.07, 6.45) is 7.05. The van der Waals surface area contributed by atoms with Crippen molar-refractivity contribution in [2.24, 2.45) is 0 Å². The van der Waals surface area contributed by atoms with Crippen molar-refractivity contribution in [3.05, 3.63) is 59.5 Å². The summed E-state index contributed by atoms with van der Waals surface area (Å²) < 4.78 is 19.4. The number of nitriles is 1. The number of phenolic OH excluding ortho intramolecular Hbond substituents is 1. The summed E-state index contributed by atoms with van der Waals surface area (Å²) in [7, 11) is 1.45. The fourth-order valence-electron chi connectivity index (χ4n) is 3.26. The number of hydrogen-bond acceptors (Lipinski definition) is 5. The molecule has 1 N–H and O–H groups in total. The van der Waals surface area contributed by atoms with Crippen LogP contribution in [0.3, 0.4) is 0 Å². The number of phenols is 1. The van der Waals surface area contributed by atoms with E-state index >= 15 is 0 Å². The molecule has 1 aromatic heterocycles. The Bertz CT molecular complexity index is 1350. The third kappa shape index (κ3) is 2.65. The van der Waals surface area contributed by atoms with Crippen molar-refractivity contribution in [2.45, 2.75) is 0 Å². The van der Waals surface area contributed by atoms with E-state index in [4.69, 9.17) is 11.2 Å². The molecule has 0 saturated heterocycles. The van der Waals surface area contributed by atoms with E-state index in [2.05, 4.69) is 22.0 Å². The lowest BCUT2D eigenvalue weighted by Crippen LogP contribution is -1.95. The van der Waals surface area contributed by atoms with Gasteiger partial charge in [0, 0.05) is 17.0 Å². The van der Waals surface area contributed by atoms with Gasteiger partial charge in [0.2, 0.25) is 0 Å². The molecule has 0 aliphatic rings. The van der Waals surface area contributed by atoms with E-state index < -0.39 is 5.82 Å². The predicted molar refractivity (Wildman–Crippen MR) is 103 cm³/mol. The molecule has 0 saturated carbocycles. The Balaban J connectivity index is 2.13. The molecule has 0 aliphatic heterocycles. The maximum absolute atomic E-state index is 14.3. The van der Waals surface area contributed by atoms with Gasteiger partial charge in [-0.2, -0.15) is 10.2 Å². The first-order valence-corrected chi connectivity index (χ1v) is 8.23. The average molecular weight is 369 g/mol. The topological polar surface area (TPSA) is 79.0 Å². The number of hydrogen-bond donors (Lipinski definition) is 1. The molecule has 0 fully saturated rings. The van der Waals surface area contributed by atoms with Crippen LogP contribution in [-0.4, -0.2) is 22.2 Å². The fourth-order valence-corrected chi connectivity index (χ4v) is 3.26. The molecule has 0 radical (unpaired) electrons. The van der Waals surface area contributed by atoms with E-state index in [1.54, 1.807) is 18.2 Å². The zero-order chi connectivity index (χ0) is 19.8. The number of aromatic nitrogens is 2. The van der Waals surface area contributed by atoms with E-state index in [1.807, 2.05) is 0 Å². The second kappa shape index (κ2) is 6.53. The van der Waals surface area contributed by atoms with Crippen LogP contribution in [0, 0.1) is 29.5 Å². The molecule has 5 nitrogen and oxygen atoms in total. The first-order valence-electron chi connectivity index (χ1n) is 8.23. The van der Waals surface area contributed by atoms with Crippen molar-refractivity contribution >= 4 is 21.7 Å². The van der Waals surface area contributed by atoms with Gasteiger partial charge in [0.15, 0.2) is 0 Å². The van der Waals surface area contributed by atoms with E-state index in [-0.39, 0.29) is 17.3 Å². The summed E-state index contributed by atoms with van der Waals surface area (Å²) in [6, 6.07) is 11.4. The van der Waals surface area contributed by atoms with Crippen molar-refractivity contribution in [3.8, 4) is 41.3 Å². The number of rotatable bonds is 2. The monoisotopic (exact) mass is 369 g/mol. The number of terminal acetylenes is 1. The summed E-state index contributed by atoms with van der Waals surface area (Å²) in [5.74, 6) is 1.85. The fraction of sp³-hybridized carbons (Fsp3) is 0.0455. The predicted octanol–water partition coefficient (Wildman–Crippen LogP) is 4.16. The van der Waals surface area contributed by atoms with Crippen LogP contribution in [0.5, 0.6) is 11.8 Å². The van der Waals surface area contributed by atoms with Crippen molar-refractivity contribution < 1.29 is 14.2 Å². The lowest BCUT2D eigenvalue weighted by atomic mass is 9.92. The van der Waals surface area contributed by atoms with Crippen LogP contribution in [0.2, 0.25) is 0 Å². The number of methoxy groups -OCH3 is 1. The molecule has 0 aliphatic carbocycles. The Morgan fingerprint density at radius 3 is 2.75 bits per heavy atom. The number of ether oxygens (including phenoxy) is 1. The van der Waals surface area contributed by atoms with Crippen molar-refractivity contribution in [3.63, 3.8) is 0 Å². The first kappa shape index (κ1) is 17.3. The normalized spacial score (nSPS) is 10.6. The minimum atomic E-state index is -0.535. The van der Waals surface area contributed by atoms with Crippen LogP contribution in [0.4, 0.5) is 4.39 Å². The molecule has 0 bridgehead atoms. The summed E-state index contributed by atoms with van der Waals surface area (Å²) in [4.78, 5) is 8.33. The molecule has 28 heavy (non-hydrogen) atoms. The van der Waals surface area contributed by atoms with Gasteiger partial charge in [-0.1, -0.05) is 12.0 Å². The number of aromatic hydroxyl groups is 1. The van der Waals surface area contributed by atoms with Crippen LogP contribution >= 0.6 is 0 Å². The van der Waals surface area contributed by atoms with Crippen molar-refractivity contribution in [1.82, 2.24) is 9.97 Å². The molecule has 0 amide bonds. The van der Waals surface area contributed by atoms with E-state index in [1.165, 1.54) is 31.5 Å². The SMILES string of the molecule is C#Cc1c(F)ccc2cc(O)cc(-c3cc(C#N)c4cnc(OC)nc4c3)c12. The number of benzene rings is 3. The zero-order valence-corrected chi connectivity index (χ0v) is 14.7. The number of halogens is 1. The molecule has 4 aromatic rings. The summed E-state index contributed by atoms with van der Waals surface area (Å²) in [5, 5.41) is 21.4. The highest BCUT2D eigenvalue weighted by atomic mass is 19.1. The van der Waals surface area contributed by atoms with Crippen LogP contribution in [0.1, 0.15) is 11.1 Å². The van der Waals surface area contributed by atoms with Gasteiger partial charge in [-0.25, -0.2) is 9.37 Å². The highest BCUT2D eigenvalue weighted by Gasteiger charge is 2.16. The highest BCUT2D eigenvalue weighted by Crippen LogP contribution is 2.37. The van der Waals surface area contributed by atoms with E-state index in [0.717, 1.165) is 0 Å². The van der Waals surface area contributed by atoms with Gasteiger partial charge in [0.25, 0.3) is 0 Å². The number of nitrogens with zero attached hydrogens (tertiary/aromatic N) is 3. The summed E-state index contributed by atoms with van der Waals surface area (Å²) >= 11 is 0. The Labute approximate surface area is 159 Å². The molecule has 0 atom stereocenters. The first-order chi connectivity index (χ1) is 13.5. The third-order valence-corrected chi connectivity index (χ3v) is 4.49. The average Bonchev–Trinajstić information content (AvgIpc) is 2.72. The molecule has 6 heteroatoms. The van der Waals surface area contributed by atoms with Crippen LogP contribution in [0.25, 0.3) is 32.8 Å². The molecular weight excluding hydrogens is 357 g/mol. The standard InChI is InChI=1S/C22H12FN3O2/c1-3-16-19(23)5-4-12-7-15(27)9-17(21(12)16)13-6-14(10-24)18-11-25-22(28-2)26-20(18)8-13/h1,4-9,11,27H,2H3. The van der Waals surface area contributed by atoms with Gasteiger partial charge in [0.1, 0.15) is 11.6 Å². The van der Waals surface area contributed by atoms with E-state index in [0.29, 0.717) is 38.4 Å². The Morgan fingerprint density at radius 1 is 1.21 bits per heavy atom. The summed E-state index contributed by atoms with van der Waals surface area (Å²) in [6.45, 7) is 0. The van der Waals surface area contributed by atoms with Crippen molar-refractivity contribution in [1.29, 1.82) is 5.26 Å². The van der Waals surface area contributed by atoms with Gasteiger partial charge in [0.05, 0.1) is 29.8 Å². The largest absolute Gasteiger partial charge is 0.508 e. The molecule has 0 spiro atoms. The lowest BCUT2D eigenvalue weighted by Gasteiger charge is -2.12. The second-order valence-electron chi connectivity index (χ2n) is 6.08. The molecular formula is C22H12FN3O2. The summed E-state index contributed by atoms with van der Waals surface area (Å²) in [5.41, 5.74) is 1.97. The Hall–Kier alpha value is -4.16. The number of fused-ring (bicyclic) bond motifs is 2. The molecule has 1 heterocycles. The molecule has 4 rings (SSSR count). The minimum absolute atomic E-state index is 0.00375. The molecule has 3 aromatic carbocycles. The molecule has 134 valence electrons. The second-order valence-corrected chi connectivity index (χ2v) is 6.08. The van der Waals surface area contributed by atoms with Gasteiger partial charge >= 0.3 is 6.01 Å². The van der Waals surface area contributed by atoms with Crippen molar-refractivity contribution in [2.75, 3.05) is 7.11 Å². The van der Waals surface area contributed by atoms with Gasteiger partial charge in [-0.15, -0.1) is 6.42 Å². The quantitative estimate of drug-likeness (QED) is 0.537. The third-order valence-electron chi connectivity index (χ3n) is 4.49. The van der Waals surface area contributed by atoms with Crippen LogP contribution < -0.4 is 4.74 Å². The molecule has 0 unspecified atom stereocenters. The minimum Gasteiger partial charge on any atom is -0.508 e. The highest BCUT2D eigenvalue weighted by molar-refractivity contribution is 6.03. The smallest absolute Gasteiger partial charge is 0.316 e. The van der Waals surface area contributed by atoms with Gasteiger partial charge in [-0.05, 0) is 46.8 Å². The Kier molecular flexibility index (Phi) is 4.03. The lowest BCUT2D eigenvalue weighted by molar-refractivity contribution is 0.382. The maximum Gasteiger partial charge on any atom is 0.316 e. The van der Waals surface area contributed by atoms with Gasteiger partial charge in [-0.3, -0.25) is 0 Å². The maximum atomic E-state index is 14.3. The Morgan fingerprint density at radius 2 is 2.04 bits per heavy atom. The zero-order valence-electron chi connectivity index (χ0n) is 14.7.